The lowest BCUT2D eigenvalue weighted by Gasteiger charge is -2.09. The number of hydrogen-bond donors (Lipinski definition) is 1. The van der Waals surface area contributed by atoms with Crippen LogP contribution in [0.3, 0.4) is 0 Å². The largest absolute Gasteiger partial charge is 0.363 e. The van der Waals surface area contributed by atoms with E-state index in [1.54, 1.807) is 12.3 Å². The van der Waals surface area contributed by atoms with Gasteiger partial charge >= 0.3 is 0 Å². The van der Waals surface area contributed by atoms with Crippen LogP contribution in [0.15, 0.2) is 47.6 Å². The van der Waals surface area contributed by atoms with E-state index in [1.165, 1.54) is 0 Å². The molecule has 0 saturated carbocycles. The molecule has 0 amide bonds. The highest BCUT2D eigenvalue weighted by Crippen LogP contribution is 2.00. The van der Waals surface area contributed by atoms with Crippen molar-refractivity contribution < 1.29 is 4.79 Å². The van der Waals surface area contributed by atoms with Crippen LogP contribution in [0.2, 0.25) is 0 Å². The zero-order valence-electron chi connectivity index (χ0n) is 8.31. The van der Waals surface area contributed by atoms with Gasteiger partial charge in [-0.25, -0.2) is 4.99 Å². The summed E-state index contributed by atoms with van der Waals surface area (Å²) in [6.45, 7) is 0.638. The molecule has 0 radical (unpaired) electrons. The van der Waals surface area contributed by atoms with E-state index in [0.29, 0.717) is 18.8 Å². The van der Waals surface area contributed by atoms with Gasteiger partial charge in [0.05, 0.1) is 0 Å². The molecule has 1 aromatic carbocycles. The molecule has 0 aromatic heterocycles. The summed E-state index contributed by atoms with van der Waals surface area (Å²) in [5, 5.41) is 3.04. The minimum Gasteiger partial charge on any atom is -0.363 e. The number of allylic oxidation sites excluding steroid dienone is 1. The first-order valence-electron chi connectivity index (χ1n) is 4.90. The molecular weight excluding hydrogens is 188 g/mol. The van der Waals surface area contributed by atoms with E-state index < -0.39 is 0 Å². The number of carbonyl (C=O) groups excluding carboxylic acids is 1. The fraction of sp³-hybridized carbons (Fsp3) is 0.167. The van der Waals surface area contributed by atoms with Gasteiger partial charge in [0.15, 0.2) is 5.84 Å². The molecule has 15 heavy (non-hydrogen) atoms. The highest BCUT2D eigenvalue weighted by atomic mass is 16.1. The third-order valence-corrected chi connectivity index (χ3v) is 2.18. The Morgan fingerprint density at radius 2 is 2.07 bits per heavy atom. The first-order valence-corrected chi connectivity index (χ1v) is 4.90. The average Bonchev–Trinajstić information content (AvgIpc) is 2.29. The molecule has 2 rings (SSSR count). The van der Waals surface area contributed by atoms with Crippen LogP contribution in [0.5, 0.6) is 0 Å². The molecule has 0 saturated heterocycles. The molecule has 3 nitrogen and oxygen atoms in total. The second kappa shape index (κ2) is 4.55. The molecule has 1 aromatic rings. The highest BCUT2D eigenvalue weighted by molar-refractivity contribution is 6.39. The molecule has 3 heteroatoms. The molecule has 0 unspecified atom stereocenters. The summed E-state index contributed by atoms with van der Waals surface area (Å²) in [4.78, 5) is 15.4. The number of rotatable bonds is 2. The Kier molecular flexibility index (Phi) is 2.93. The lowest BCUT2D eigenvalue weighted by molar-refractivity contribution is -0.112. The van der Waals surface area contributed by atoms with E-state index in [-0.39, 0.29) is 5.78 Å². The maximum Gasteiger partial charge on any atom is 0.201 e. The van der Waals surface area contributed by atoms with Crippen LogP contribution in [-0.2, 0) is 11.3 Å². The lowest BCUT2D eigenvalue weighted by atomic mass is 10.2. The second-order valence-corrected chi connectivity index (χ2v) is 3.33. The maximum atomic E-state index is 11.4. The Bertz CT molecular complexity index is 407. The Balaban J connectivity index is 1.96. The van der Waals surface area contributed by atoms with Crippen LogP contribution in [0, 0.1) is 0 Å². The molecule has 1 N–H and O–H groups in total. The van der Waals surface area contributed by atoms with Crippen LogP contribution < -0.4 is 5.32 Å². The number of nitrogens with one attached hydrogen (secondary N) is 1. The van der Waals surface area contributed by atoms with E-state index in [0.717, 1.165) is 5.56 Å². The summed E-state index contributed by atoms with van der Waals surface area (Å²) in [5.41, 5.74) is 1.14. The number of benzene rings is 1. The number of amidine groups is 1. The Morgan fingerprint density at radius 1 is 1.27 bits per heavy atom. The maximum absolute atomic E-state index is 11.4. The summed E-state index contributed by atoms with van der Waals surface area (Å²) in [6, 6.07) is 9.94. The predicted octanol–water partition coefficient (Wildman–Crippen LogP) is 1.66. The van der Waals surface area contributed by atoms with Gasteiger partial charge < -0.3 is 5.32 Å². The minimum atomic E-state index is 0.0495. The fourth-order valence-electron chi connectivity index (χ4n) is 1.38. The fourth-order valence-corrected chi connectivity index (χ4v) is 1.38. The van der Waals surface area contributed by atoms with Crippen molar-refractivity contribution in [3.05, 3.63) is 48.2 Å². The van der Waals surface area contributed by atoms with Crippen LogP contribution >= 0.6 is 0 Å². The van der Waals surface area contributed by atoms with Crippen LogP contribution in [0.1, 0.15) is 12.0 Å². The van der Waals surface area contributed by atoms with E-state index >= 15 is 0 Å². The van der Waals surface area contributed by atoms with Gasteiger partial charge in [-0.05, 0) is 5.56 Å². The molecular formula is C12H12N2O. The van der Waals surface area contributed by atoms with Gasteiger partial charge in [-0.15, -0.1) is 0 Å². The van der Waals surface area contributed by atoms with Crippen molar-refractivity contribution >= 4 is 11.6 Å². The zero-order chi connectivity index (χ0) is 10.5. The molecule has 0 aliphatic carbocycles. The number of hydrogen-bond acceptors (Lipinski definition) is 3. The van der Waals surface area contributed by atoms with E-state index in [9.17, 15) is 4.79 Å². The lowest BCUT2D eigenvalue weighted by Crippen LogP contribution is -2.31. The van der Waals surface area contributed by atoms with Crippen LogP contribution in [0.25, 0.3) is 0 Å². The number of aliphatic imine (C=N–C) groups is 1. The second-order valence-electron chi connectivity index (χ2n) is 3.33. The first-order chi connectivity index (χ1) is 7.36. The van der Waals surface area contributed by atoms with Gasteiger partial charge in [0, 0.05) is 19.2 Å². The third-order valence-electron chi connectivity index (χ3n) is 2.18. The van der Waals surface area contributed by atoms with Gasteiger partial charge in [0.2, 0.25) is 5.78 Å². The Labute approximate surface area is 88.5 Å². The predicted molar refractivity (Wildman–Crippen MR) is 59.5 cm³/mol. The molecule has 0 spiro atoms. The standard InChI is InChI=1S/C12H12N2O/c15-11-7-4-8-13-12(11)14-9-10-5-2-1-3-6-10/h1-6,8H,7,9H2,(H,13,14). The van der Waals surface area contributed by atoms with Crippen molar-refractivity contribution in [1.82, 2.24) is 5.32 Å². The summed E-state index contributed by atoms with van der Waals surface area (Å²) >= 11 is 0. The molecule has 1 aliphatic heterocycles. The summed E-state index contributed by atoms with van der Waals surface area (Å²) in [6.07, 6.45) is 3.87. The number of carbonyl (C=O) groups is 1. The number of nitrogens with zero attached hydrogens (tertiary/aromatic N) is 1. The van der Waals surface area contributed by atoms with Crippen LogP contribution in [0.4, 0.5) is 0 Å². The summed E-state index contributed by atoms with van der Waals surface area (Å²) in [7, 11) is 0. The van der Waals surface area contributed by atoms with E-state index in [1.807, 2.05) is 30.3 Å². The van der Waals surface area contributed by atoms with Crippen molar-refractivity contribution in [2.45, 2.75) is 13.0 Å². The van der Waals surface area contributed by atoms with Crippen molar-refractivity contribution in [1.29, 1.82) is 0 Å². The molecule has 1 heterocycles. The SMILES string of the molecule is O=C1CC=CN=C1NCc1ccccc1. The van der Waals surface area contributed by atoms with Crippen molar-refractivity contribution in [3.63, 3.8) is 0 Å². The topological polar surface area (TPSA) is 41.5 Å². The normalized spacial score (nSPS) is 14.9. The Hall–Kier alpha value is -1.90. The Morgan fingerprint density at radius 3 is 2.80 bits per heavy atom. The van der Waals surface area contributed by atoms with Gasteiger partial charge in [0.25, 0.3) is 0 Å². The molecule has 76 valence electrons. The monoisotopic (exact) mass is 200 g/mol. The number of Topliss-reactive ketones (excluding diaryl/α,β-unsaturated/α-hetero) is 1. The average molecular weight is 200 g/mol. The highest BCUT2D eigenvalue weighted by Gasteiger charge is 2.11. The third kappa shape index (κ3) is 2.53. The van der Waals surface area contributed by atoms with Crippen molar-refractivity contribution in [2.24, 2.45) is 4.99 Å². The van der Waals surface area contributed by atoms with Gasteiger partial charge in [-0.1, -0.05) is 36.4 Å². The van der Waals surface area contributed by atoms with Gasteiger partial charge in [-0.2, -0.15) is 0 Å². The molecule has 0 fully saturated rings. The van der Waals surface area contributed by atoms with Crippen molar-refractivity contribution in [2.75, 3.05) is 0 Å². The quantitative estimate of drug-likeness (QED) is 0.788. The zero-order valence-corrected chi connectivity index (χ0v) is 8.31. The first kappa shape index (κ1) is 9.65. The molecule has 0 atom stereocenters. The van der Waals surface area contributed by atoms with Crippen LogP contribution in [-0.4, -0.2) is 11.6 Å². The van der Waals surface area contributed by atoms with E-state index in [4.69, 9.17) is 0 Å². The van der Waals surface area contributed by atoms with Gasteiger partial charge in [0.1, 0.15) is 0 Å². The van der Waals surface area contributed by atoms with Crippen molar-refractivity contribution in [3.8, 4) is 0 Å². The smallest absolute Gasteiger partial charge is 0.201 e. The van der Waals surface area contributed by atoms with Gasteiger partial charge in [-0.3, -0.25) is 4.79 Å². The molecule has 1 aliphatic rings. The van der Waals surface area contributed by atoms with E-state index in [2.05, 4.69) is 10.3 Å². The summed E-state index contributed by atoms with van der Waals surface area (Å²) in [5.74, 6) is 0.509. The summed E-state index contributed by atoms with van der Waals surface area (Å²) < 4.78 is 0. The number of ketones is 1. The molecule has 0 bridgehead atoms. The minimum absolute atomic E-state index is 0.0495.